The molecule has 0 radical (unpaired) electrons. The third kappa shape index (κ3) is 3.53. The Labute approximate surface area is 104 Å². The summed E-state index contributed by atoms with van der Waals surface area (Å²) in [7, 11) is 0. The molecule has 1 heterocycles. The maximum absolute atomic E-state index is 5.46. The van der Waals surface area contributed by atoms with Crippen molar-refractivity contribution in [1.29, 1.82) is 0 Å². The Balaban J connectivity index is 1.97. The van der Waals surface area contributed by atoms with Gasteiger partial charge in [-0.3, -0.25) is 4.90 Å². The molecule has 1 aromatic rings. The normalized spacial score (nSPS) is 21.6. The van der Waals surface area contributed by atoms with E-state index in [1.807, 2.05) is 6.92 Å². The summed E-state index contributed by atoms with van der Waals surface area (Å²) >= 11 is 0. The Morgan fingerprint density at radius 1 is 1.35 bits per heavy atom. The lowest BCUT2D eigenvalue weighted by Crippen LogP contribution is -2.47. The molecule has 1 aliphatic heterocycles. The molecule has 1 N–H and O–H groups in total. The van der Waals surface area contributed by atoms with Crippen molar-refractivity contribution < 1.29 is 4.74 Å². The molecule has 0 amide bonds. The fraction of sp³-hybridized carbons (Fsp3) is 0.571. The number of piperazine rings is 1. The van der Waals surface area contributed by atoms with Crippen LogP contribution in [-0.2, 0) is 4.74 Å². The van der Waals surface area contributed by atoms with E-state index in [2.05, 4.69) is 40.5 Å². The maximum Gasteiger partial charge on any atom is 0.0593 e. The molecule has 0 spiro atoms. The van der Waals surface area contributed by atoms with Crippen molar-refractivity contribution in [1.82, 2.24) is 10.2 Å². The summed E-state index contributed by atoms with van der Waals surface area (Å²) in [4.78, 5) is 2.52. The smallest absolute Gasteiger partial charge is 0.0593 e. The summed E-state index contributed by atoms with van der Waals surface area (Å²) in [5, 5.41) is 3.47. The first-order valence-corrected chi connectivity index (χ1v) is 6.49. The van der Waals surface area contributed by atoms with Crippen molar-refractivity contribution >= 4 is 0 Å². The summed E-state index contributed by atoms with van der Waals surface area (Å²) in [6.07, 6.45) is 0. The number of hydrogen-bond donors (Lipinski definition) is 1. The van der Waals surface area contributed by atoms with E-state index in [-0.39, 0.29) is 0 Å². The van der Waals surface area contributed by atoms with Crippen LogP contribution in [0.4, 0.5) is 0 Å². The van der Waals surface area contributed by atoms with Crippen LogP contribution in [0.1, 0.15) is 18.5 Å². The second kappa shape index (κ2) is 6.74. The molecule has 0 aromatic heterocycles. The quantitative estimate of drug-likeness (QED) is 0.784. The molecule has 0 aliphatic carbocycles. The predicted octanol–water partition coefficient (Wildman–Crippen LogP) is 1.67. The monoisotopic (exact) mass is 234 g/mol. The first-order chi connectivity index (χ1) is 8.42. The van der Waals surface area contributed by atoms with Gasteiger partial charge >= 0.3 is 0 Å². The van der Waals surface area contributed by atoms with Crippen molar-refractivity contribution in [2.45, 2.75) is 13.0 Å². The Morgan fingerprint density at radius 2 is 2.18 bits per heavy atom. The van der Waals surface area contributed by atoms with Crippen LogP contribution >= 0.6 is 0 Å². The van der Waals surface area contributed by atoms with Gasteiger partial charge in [-0.2, -0.15) is 0 Å². The van der Waals surface area contributed by atoms with Crippen LogP contribution in [-0.4, -0.2) is 44.3 Å². The first-order valence-electron chi connectivity index (χ1n) is 6.49. The molecule has 3 heteroatoms. The fourth-order valence-electron chi connectivity index (χ4n) is 2.34. The van der Waals surface area contributed by atoms with E-state index >= 15 is 0 Å². The van der Waals surface area contributed by atoms with E-state index in [4.69, 9.17) is 4.74 Å². The third-order valence-corrected chi connectivity index (χ3v) is 3.27. The van der Waals surface area contributed by atoms with Gasteiger partial charge in [0.15, 0.2) is 0 Å². The van der Waals surface area contributed by atoms with E-state index in [0.717, 1.165) is 39.4 Å². The van der Waals surface area contributed by atoms with E-state index in [0.29, 0.717) is 6.04 Å². The topological polar surface area (TPSA) is 24.5 Å². The summed E-state index contributed by atoms with van der Waals surface area (Å²) in [6.45, 7) is 7.93. The Bertz CT molecular complexity index is 315. The van der Waals surface area contributed by atoms with Crippen molar-refractivity contribution in [3.63, 3.8) is 0 Å². The van der Waals surface area contributed by atoms with Crippen molar-refractivity contribution in [3.8, 4) is 0 Å². The lowest BCUT2D eigenvalue weighted by atomic mass is 10.0. The zero-order valence-electron chi connectivity index (χ0n) is 10.6. The van der Waals surface area contributed by atoms with Crippen molar-refractivity contribution in [3.05, 3.63) is 35.9 Å². The van der Waals surface area contributed by atoms with Gasteiger partial charge in [0.25, 0.3) is 0 Å². The molecule has 1 aromatic carbocycles. The van der Waals surface area contributed by atoms with Gasteiger partial charge in [-0.15, -0.1) is 0 Å². The highest BCUT2D eigenvalue weighted by Gasteiger charge is 2.22. The third-order valence-electron chi connectivity index (χ3n) is 3.27. The number of rotatable bonds is 5. The van der Waals surface area contributed by atoms with Crippen molar-refractivity contribution in [2.75, 3.05) is 39.4 Å². The molecule has 0 saturated carbocycles. The lowest BCUT2D eigenvalue weighted by Gasteiger charge is -2.36. The zero-order valence-corrected chi connectivity index (χ0v) is 10.6. The maximum atomic E-state index is 5.46. The summed E-state index contributed by atoms with van der Waals surface area (Å²) in [5.41, 5.74) is 1.40. The summed E-state index contributed by atoms with van der Waals surface area (Å²) in [6, 6.07) is 11.2. The van der Waals surface area contributed by atoms with Crippen LogP contribution in [0, 0.1) is 0 Å². The van der Waals surface area contributed by atoms with Gasteiger partial charge in [0, 0.05) is 38.8 Å². The Morgan fingerprint density at radius 3 is 2.94 bits per heavy atom. The van der Waals surface area contributed by atoms with E-state index in [1.54, 1.807) is 0 Å². The minimum atomic E-state index is 0.491. The number of benzene rings is 1. The molecule has 1 atom stereocenters. The molecular formula is C14H22N2O. The van der Waals surface area contributed by atoms with Gasteiger partial charge in [-0.1, -0.05) is 30.3 Å². The molecule has 1 unspecified atom stereocenters. The average Bonchev–Trinajstić information content (AvgIpc) is 2.41. The molecule has 0 bridgehead atoms. The van der Waals surface area contributed by atoms with Crippen LogP contribution in [0.25, 0.3) is 0 Å². The van der Waals surface area contributed by atoms with E-state index in [9.17, 15) is 0 Å². The SMILES string of the molecule is CCOCCN1CCNCC1c1ccccc1. The van der Waals surface area contributed by atoms with Gasteiger partial charge in [0.1, 0.15) is 0 Å². The minimum absolute atomic E-state index is 0.491. The second-order valence-corrected chi connectivity index (χ2v) is 4.36. The van der Waals surface area contributed by atoms with Crippen molar-refractivity contribution in [2.24, 2.45) is 0 Å². The molecule has 3 nitrogen and oxygen atoms in total. The number of hydrogen-bond acceptors (Lipinski definition) is 3. The number of ether oxygens (including phenoxy) is 1. The molecule has 1 aliphatic rings. The van der Waals surface area contributed by atoms with Crippen LogP contribution in [0.15, 0.2) is 30.3 Å². The molecule has 1 fully saturated rings. The minimum Gasteiger partial charge on any atom is -0.380 e. The van der Waals surface area contributed by atoms with Crippen LogP contribution in [0.2, 0.25) is 0 Å². The Hall–Kier alpha value is -0.900. The standard InChI is InChI=1S/C14H22N2O/c1-2-17-11-10-16-9-8-15-12-14(16)13-6-4-3-5-7-13/h3-7,14-15H,2,8-12H2,1H3. The highest BCUT2D eigenvalue weighted by molar-refractivity contribution is 5.20. The van der Waals surface area contributed by atoms with Gasteiger partial charge < -0.3 is 10.1 Å². The average molecular weight is 234 g/mol. The first kappa shape index (κ1) is 12.6. The van der Waals surface area contributed by atoms with Crippen LogP contribution < -0.4 is 5.32 Å². The number of nitrogens with zero attached hydrogens (tertiary/aromatic N) is 1. The second-order valence-electron chi connectivity index (χ2n) is 4.36. The van der Waals surface area contributed by atoms with Gasteiger partial charge in [-0.25, -0.2) is 0 Å². The van der Waals surface area contributed by atoms with Gasteiger partial charge in [0.05, 0.1) is 6.61 Å². The largest absolute Gasteiger partial charge is 0.380 e. The highest BCUT2D eigenvalue weighted by Crippen LogP contribution is 2.21. The molecule has 2 rings (SSSR count). The zero-order chi connectivity index (χ0) is 11.9. The number of nitrogens with one attached hydrogen (secondary N) is 1. The Kier molecular flexibility index (Phi) is 4.98. The van der Waals surface area contributed by atoms with Gasteiger partial charge in [-0.05, 0) is 12.5 Å². The van der Waals surface area contributed by atoms with E-state index < -0.39 is 0 Å². The highest BCUT2D eigenvalue weighted by atomic mass is 16.5. The fourth-order valence-corrected chi connectivity index (χ4v) is 2.34. The molecule has 1 saturated heterocycles. The van der Waals surface area contributed by atoms with Gasteiger partial charge in [0.2, 0.25) is 0 Å². The van der Waals surface area contributed by atoms with E-state index in [1.165, 1.54) is 5.56 Å². The van der Waals surface area contributed by atoms with Crippen LogP contribution in [0.5, 0.6) is 0 Å². The molecule has 17 heavy (non-hydrogen) atoms. The summed E-state index contributed by atoms with van der Waals surface area (Å²) in [5.74, 6) is 0. The predicted molar refractivity (Wildman–Crippen MR) is 70.1 cm³/mol. The summed E-state index contributed by atoms with van der Waals surface area (Å²) < 4.78 is 5.46. The molecule has 94 valence electrons. The lowest BCUT2D eigenvalue weighted by molar-refractivity contribution is 0.0829. The van der Waals surface area contributed by atoms with Crippen LogP contribution in [0.3, 0.4) is 0 Å². The molecular weight excluding hydrogens is 212 g/mol.